The van der Waals surface area contributed by atoms with Crippen molar-refractivity contribution in [2.24, 2.45) is 7.05 Å². The highest BCUT2D eigenvalue weighted by Crippen LogP contribution is 2.30. The molecule has 4 rings (SSSR count). The zero-order valence-electron chi connectivity index (χ0n) is 20.1. The Hall–Kier alpha value is -3.77. The van der Waals surface area contributed by atoms with E-state index in [9.17, 15) is 22.8 Å². The maximum Gasteiger partial charge on any atom is 0.573 e. The molecule has 2 heterocycles. The molecular weight excluding hydrogens is 515 g/mol. The van der Waals surface area contributed by atoms with Crippen LogP contribution in [0.1, 0.15) is 5.56 Å². The molecule has 0 atom stereocenters. The number of benzene rings is 2. The number of halogens is 4. The summed E-state index contributed by atoms with van der Waals surface area (Å²) in [6.07, 6.45) is -4.88. The van der Waals surface area contributed by atoms with Gasteiger partial charge in [-0.25, -0.2) is 4.79 Å². The number of likely N-dealkylation sites (N-methyl/N-ethyl adjacent to an activating group) is 1. The molecule has 0 aliphatic rings. The first-order valence-electron chi connectivity index (χ1n) is 11.1. The van der Waals surface area contributed by atoms with Crippen LogP contribution in [0.25, 0.3) is 11.2 Å². The Morgan fingerprint density at radius 3 is 2.35 bits per heavy atom. The molecule has 0 aliphatic heterocycles. The maximum atomic E-state index is 13.2. The van der Waals surface area contributed by atoms with Crippen LogP contribution in [-0.4, -0.2) is 50.6 Å². The van der Waals surface area contributed by atoms with Crippen LogP contribution in [0.3, 0.4) is 0 Å². The van der Waals surface area contributed by atoms with Gasteiger partial charge in [-0.1, -0.05) is 29.8 Å². The predicted molar refractivity (Wildman–Crippen MR) is 132 cm³/mol. The second-order valence-corrected chi connectivity index (χ2v) is 8.94. The van der Waals surface area contributed by atoms with Gasteiger partial charge in [0.25, 0.3) is 5.56 Å². The minimum absolute atomic E-state index is 0.00609. The van der Waals surface area contributed by atoms with Crippen LogP contribution in [-0.2, 0) is 20.1 Å². The smallest absolute Gasteiger partial charge is 0.425 e. The molecule has 0 aliphatic carbocycles. The van der Waals surface area contributed by atoms with Crippen LogP contribution >= 0.6 is 11.6 Å². The molecule has 0 bridgehead atoms. The van der Waals surface area contributed by atoms with E-state index in [-0.39, 0.29) is 36.0 Å². The van der Waals surface area contributed by atoms with Gasteiger partial charge in [-0.2, -0.15) is 4.98 Å². The molecule has 4 aromatic rings. The minimum atomic E-state index is -4.88. The lowest BCUT2D eigenvalue weighted by Gasteiger charge is -2.13. The average molecular weight is 538 g/mol. The number of alkyl halides is 3. The minimum Gasteiger partial charge on any atom is -0.425 e. The van der Waals surface area contributed by atoms with Crippen molar-refractivity contribution in [1.29, 1.82) is 0 Å². The molecule has 196 valence electrons. The zero-order valence-corrected chi connectivity index (χ0v) is 20.9. The summed E-state index contributed by atoms with van der Waals surface area (Å²) in [7, 11) is 5.05. The number of hydrogen-bond acceptors (Lipinski definition) is 6. The molecule has 13 heteroatoms. The maximum absolute atomic E-state index is 13.2. The largest absolute Gasteiger partial charge is 0.573 e. The van der Waals surface area contributed by atoms with Crippen molar-refractivity contribution in [3.63, 3.8) is 0 Å². The monoisotopic (exact) mass is 537 g/mol. The third-order valence-corrected chi connectivity index (χ3v) is 5.72. The van der Waals surface area contributed by atoms with Crippen molar-refractivity contribution < 1.29 is 22.6 Å². The number of imidazole rings is 1. The summed E-state index contributed by atoms with van der Waals surface area (Å²) in [6, 6.07) is 11.7. The number of hydrogen-bond donors (Lipinski definition) is 0. The molecule has 2 aromatic carbocycles. The van der Waals surface area contributed by atoms with Crippen molar-refractivity contribution in [2.45, 2.75) is 19.5 Å². The van der Waals surface area contributed by atoms with Crippen LogP contribution in [0, 0.1) is 0 Å². The van der Waals surface area contributed by atoms with E-state index in [0.29, 0.717) is 11.6 Å². The summed E-state index contributed by atoms with van der Waals surface area (Å²) in [4.78, 5) is 32.5. The van der Waals surface area contributed by atoms with E-state index in [1.807, 2.05) is 19.0 Å². The van der Waals surface area contributed by atoms with E-state index in [4.69, 9.17) is 16.3 Å². The fourth-order valence-electron chi connectivity index (χ4n) is 3.68. The molecule has 2 aromatic heterocycles. The topological polar surface area (TPSA) is 83.5 Å². The van der Waals surface area contributed by atoms with Gasteiger partial charge in [0.2, 0.25) is 0 Å². The quantitative estimate of drug-likeness (QED) is 0.339. The van der Waals surface area contributed by atoms with E-state index in [1.165, 1.54) is 28.3 Å². The Morgan fingerprint density at radius 2 is 1.70 bits per heavy atom. The fourth-order valence-corrected chi connectivity index (χ4v) is 3.80. The van der Waals surface area contributed by atoms with Crippen LogP contribution in [0.4, 0.5) is 13.2 Å². The summed E-state index contributed by atoms with van der Waals surface area (Å²) in [5.41, 5.74) is -0.194. The number of aromatic nitrogens is 4. The van der Waals surface area contributed by atoms with Gasteiger partial charge in [0.1, 0.15) is 11.5 Å². The summed E-state index contributed by atoms with van der Waals surface area (Å²) < 4.78 is 51.8. The summed E-state index contributed by atoms with van der Waals surface area (Å²) in [6.45, 7) is 0.843. The lowest BCUT2D eigenvalue weighted by atomic mass is 10.2. The lowest BCUT2D eigenvalue weighted by Crippen LogP contribution is -2.40. The Labute approximate surface area is 213 Å². The Bertz CT molecular complexity index is 1540. The molecule has 0 fully saturated rings. The lowest BCUT2D eigenvalue weighted by molar-refractivity contribution is -0.274. The van der Waals surface area contributed by atoms with Crippen LogP contribution < -0.4 is 20.7 Å². The van der Waals surface area contributed by atoms with Gasteiger partial charge >= 0.3 is 18.1 Å². The molecular formula is C24H23ClF3N5O4. The highest BCUT2D eigenvalue weighted by molar-refractivity contribution is 6.30. The Balaban J connectivity index is 1.88. The van der Waals surface area contributed by atoms with E-state index in [0.717, 1.165) is 22.3 Å². The van der Waals surface area contributed by atoms with Crippen molar-refractivity contribution in [1.82, 2.24) is 23.6 Å². The fraction of sp³-hybridized carbons (Fsp3) is 0.292. The molecule has 37 heavy (non-hydrogen) atoms. The third kappa shape index (κ3) is 5.97. The molecule has 0 N–H and O–H groups in total. The average Bonchev–Trinajstić information content (AvgIpc) is 3.15. The molecule has 0 unspecified atom stereocenters. The first kappa shape index (κ1) is 26.3. The SMILES string of the molecule is CN(C)CCn1c(=O)n(C)c(=O)c2c1nc(Oc1cccc(OC(F)(F)F)c1)n2Cc1ccc(Cl)cc1. The molecule has 0 saturated carbocycles. The van der Waals surface area contributed by atoms with Crippen LogP contribution in [0.2, 0.25) is 5.02 Å². The van der Waals surface area contributed by atoms with Gasteiger partial charge < -0.3 is 14.4 Å². The van der Waals surface area contributed by atoms with Crippen molar-refractivity contribution in [3.05, 3.63) is 80.0 Å². The van der Waals surface area contributed by atoms with Crippen molar-refractivity contribution in [2.75, 3.05) is 20.6 Å². The van der Waals surface area contributed by atoms with Crippen molar-refractivity contribution in [3.8, 4) is 17.5 Å². The molecule has 0 radical (unpaired) electrons. The van der Waals surface area contributed by atoms with E-state index in [2.05, 4.69) is 9.72 Å². The Morgan fingerprint density at radius 1 is 1.03 bits per heavy atom. The molecule has 0 amide bonds. The van der Waals surface area contributed by atoms with E-state index < -0.39 is 23.4 Å². The highest BCUT2D eigenvalue weighted by atomic mass is 35.5. The first-order chi connectivity index (χ1) is 17.4. The van der Waals surface area contributed by atoms with E-state index in [1.54, 1.807) is 24.3 Å². The van der Waals surface area contributed by atoms with Gasteiger partial charge in [0, 0.05) is 31.2 Å². The van der Waals surface area contributed by atoms with Gasteiger partial charge in [0.15, 0.2) is 11.2 Å². The van der Waals surface area contributed by atoms with Gasteiger partial charge in [-0.05, 0) is 43.9 Å². The first-order valence-corrected chi connectivity index (χ1v) is 11.4. The summed E-state index contributed by atoms with van der Waals surface area (Å²) in [5.74, 6) is -0.488. The Kier molecular flexibility index (Phi) is 7.32. The van der Waals surface area contributed by atoms with Gasteiger partial charge in [-0.3, -0.25) is 18.5 Å². The second-order valence-electron chi connectivity index (χ2n) is 8.51. The third-order valence-electron chi connectivity index (χ3n) is 5.47. The summed E-state index contributed by atoms with van der Waals surface area (Å²) in [5, 5.41) is 0.519. The molecule has 0 spiro atoms. The molecule has 0 saturated heterocycles. The number of nitrogens with zero attached hydrogens (tertiary/aromatic N) is 5. The van der Waals surface area contributed by atoms with Crippen LogP contribution in [0.15, 0.2) is 58.1 Å². The number of fused-ring (bicyclic) bond motifs is 1. The predicted octanol–water partition coefficient (Wildman–Crippen LogP) is 3.85. The normalized spacial score (nSPS) is 11.9. The van der Waals surface area contributed by atoms with E-state index >= 15 is 0 Å². The highest BCUT2D eigenvalue weighted by Gasteiger charge is 2.31. The second kappa shape index (κ2) is 10.3. The van der Waals surface area contributed by atoms with Crippen molar-refractivity contribution >= 4 is 22.8 Å². The number of rotatable bonds is 8. The van der Waals surface area contributed by atoms with Gasteiger partial charge in [-0.15, -0.1) is 13.2 Å². The van der Waals surface area contributed by atoms with Crippen LogP contribution in [0.5, 0.6) is 17.5 Å². The number of ether oxygens (including phenoxy) is 2. The zero-order chi connectivity index (χ0) is 26.9. The summed E-state index contributed by atoms with van der Waals surface area (Å²) >= 11 is 6.00. The molecule has 9 nitrogen and oxygen atoms in total. The standard InChI is InChI=1S/C24H23ClF3N5O4/c1-30(2)11-12-32-20-19(21(34)31(3)23(32)35)33(14-15-7-9-16(25)10-8-15)22(29-20)36-17-5-4-6-18(13-17)37-24(26,27)28/h4-10,13H,11-12,14H2,1-3H3. The van der Waals surface area contributed by atoms with Gasteiger partial charge in [0.05, 0.1) is 6.54 Å².